The Balaban J connectivity index is 1.50. The van der Waals surface area contributed by atoms with Gasteiger partial charge in [0.05, 0.1) is 22.8 Å². The van der Waals surface area contributed by atoms with E-state index in [4.69, 9.17) is 9.97 Å². The summed E-state index contributed by atoms with van der Waals surface area (Å²) in [6, 6.07) is 41.4. The van der Waals surface area contributed by atoms with Crippen LogP contribution in [0, 0.1) is 20.8 Å². The van der Waals surface area contributed by atoms with Gasteiger partial charge in [-0.05, 0) is 120 Å². The molecule has 5 heteroatoms. The molecule has 0 radical (unpaired) electrons. The van der Waals surface area contributed by atoms with Gasteiger partial charge in [0.2, 0.25) is 0 Å². The van der Waals surface area contributed by atoms with Crippen LogP contribution in [0.4, 0.5) is 0 Å². The molecule has 2 aliphatic rings. The third-order valence-corrected chi connectivity index (χ3v) is 10.2. The maximum Gasteiger partial charge on any atom is 0.115 e. The molecule has 0 amide bonds. The number of phenols is 1. The van der Waals surface area contributed by atoms with E-state index in [-0.39, 0.29) is 5.75 Å². The van der Waals surface area contributed by atoms with E-state index in [9.17, 15) is 5.11 Å². The van der Waals surface area contributed by atoms with Crippen LogP contribution in [0.3, 0.4) is 0 Å². The van der Waals surface area contributed by atoms with Crippen LogP contribution in [0.5, 0.6) is 5.75 Å². The average Bonchev–Trinajstić information content (AvgIpc) is 3.99. The number of benzene rings is 4. The molecule has 5 heterocycles. The summed E-state index contributed by atoms with van der Waals surface area (Å²) in [6.45, 7) is 6.45. The predicted molar refractivity (Wildman–Crippen MR) is 216 cm³/mol. The molecule has 52 heavy (non-hydrogen) atoms. The number of hydrogen-bond donors (Lipinski definition) is 3. The molecule has 0 saturated carbocycles. The molecular formula is C47H36N4O. The fraction of sp³-hybridized carbons (Fsp3) is 0.0638. The predicted octanol–water partition coefficient (Wildman–Crippen LogP) is 12.0. The lowest BCUT2D eigenvalue weighted by Gasteiger charge is -2.10. The number of aromatic nitrogens is 4. The van der Waals surface area contributed by atoms with Gasteiger partial charge in [-0.1, -0.05) is 84.9 Å². The Morgan fingerprint density at radius 1 is 0.385 bits per heavy atom. The second-order valence-corrected chi connectivity index (χ2v) is 13.5. The molecule has 0 saturated heterocycles. The first-order chi connectivity index (χ1) is 25.4. The smallest absolute Gasteiger partial charge is 0.115 e. The molecule has 0 aliphatic carbocycles. The summed E-state index contributed by atoms with van der Waals surface area (Å²) in [5.74, 6) is 0.216. The highest BCUT2D eigenvalue weighted by molar-refractivity contribution is 6.00. The fourth-order valence-electron chi connectivity index (χ4n) is 7.55. The van der Waals surface area contributed by atoms with Crippen LogP contribution >= 0.6 is 0 Å². The number of nitrogens with zero attached hydrogens (tertiary/aromatic N) is 2. The Labute approximate surface area is 302 Å². The van der Waals surface area contributed by atoms with E-state index >= 15 is 0 Å². The number of H-pyrrole nitrogens is 2. The van der Waals surface area contributed by atoms with E-state index in [0.717, 1.165) is 100 Å². The van der Waals surface area contributed by atoms with Crippen molar-refractivity contribution in [2.45, 2.75) is 20.8 Å². The van der Waals surface area contributed by atoms with E-state index in [2.05, 4.69) is 152 Å². The van der Waals surface area contributed by atoms with Gasteiger partial charge in [-0.2, -0.15) is 0 Å². The van der Waals surface area contributed by atoms with Crippen LogP contribution in [0.2, 0.25) is 0 Å². The van der Waals surface area contributed by atoms with Gasteiger partial charge < -0.3 is 15.1 Å². The van der Waals surface area contributed by atoms with Crippen molar-refractivity contribution < 1.29 is 5.11 Å². The van der Waals surface area contributed by atoms with Crippen molar-refractivity contribution in [1.82, 2.24) is 19.9 Å². The Bertz CT molecular complexity index is 2740. The average molecular weight is 673 g/mol. The van der Waals surface area contributed by atoms with Gasteiger partial charge >= 0.3 is 0 Å². The number of nitrogens with one attached hydrogen (secondary N) is 2. The monoisotopic (exact) mass is 672 g/mol. The van der Waals surface area contributed by atoms with E-state index in [1.807, 2.05) is 12.1 Å². The third kappa shape index (κ3) is 5.35. The molecule has 4 aromatic carbocycles. The number of aromatic hydroxyl groups is 1. The summed E-state index contributed by atoms with van der Waals surface area (Å²) in [4.78, 5) is 18.4. The topological polar surface area (TPSA) is 77.6 Å². The van der Waals surface area contributed by atoms with Crippen LogP contribution in [-0.2, 0) is 0 Å². The molecule has 9 rings (SSSR count). The number of aromatic amines is 2. The highest BCUT2D eigenvalue weighted by atomic mass is 16.3. The van der Waals surface area contributed by atoms with E-state index < -0.39 is 0 Å². The number of fused-ring (bicyclic) bond motifs is 8. The van der Waals surface area contributed by atoms with Gasteiger partial charge in [0.15, 0.2) is 0 Å². The van der Waals surface area contributed by atoms with Crippen LogP contribution in [-0.4, -0.2) is 25.0 Å². The molecule has 0 fully saturated rings. The Morgan fingerprint density at radius 2 is 0.712 bits per heavy atom. The highest BCUT2D eigenvalue weighted by Crippen LogP contribution is 2.40. The minimum absolute atomic E-state index is 0.216. The standard InChI is InChI=1S/C47H36N4O/c1-28-10-4-7-13-33(28)45-38-22-20-36(48-38)44(31-16-18-32(52)19-17-31)37-21-23-39(49-37)46(34-14-8-5-11-29(34)2)41-25-27-43(51-41)47(42-26-24-40(45)50-42)35-15-9-6-12-30(35)3/h4-27,48,51-52H,1-3H3. The Morgan fingerprint density at radius 3 is 1.08 bits per heavy atom. The molecule has 7 aromatic rings. The molecule has 3 N–H and O–H groups in total. The van der Waals surface area contributed by atoms with Crippen molar-refractivity contribution in [3.05, 3.63) is 161 Å². The maximum atomic E-state index is 10.2. The SMILES string of the molecule is Cc1ccccc1-c1c2nc(c(-c3ccccc3C)c3ccc([nH]3)c(-c3ccccc3C)c3nc(c(-c4ccc(O)cc4)c4ccc1[nH]4)C=C3)C=C2. The van der Waals surface area contributed by atoms with Gasteiger partial charge in [0.1, 0.15) is 5.75 Å². The molecule has 0 atom stereocenters. The number of phenolic OH excluding ortho intramolecular Hbond substituents is 1. The van der Waals surface area contributed by atoms with E-state index in [0.29, 0.717) is 0 Å². The second kappa shape index (κ2) is 12.6. The zero-order valence-electron chi connectivity index (χ0n) is 29.2. The van der Waals surface area contributed by atoms with Crippen molar-refractivity contribution in [2.24, 2.45) is 0 Å². The van der Waals surface area contributed by atoms with Crippen molar-refractivity contribution in [3.63, 3.8) is 0 Å². The zero-order valence-corrected chi connectivity index (χ0v) is 29.2. The minimum atomic E-state index is 0.216. The summed E-state index contributed by atoms with van der Waals surface area (Å²) in [7, 11) is 0. The highest BCUT2D eigenvalue weighted by Gasteiger charge is 2.20. The first-order valence-electron chi connectivity index (χ1n) is 17.6. The lowest BCUT2D eigenvalue weighted by atomic mass is 9.99. The molecule has 3 aromatic heterocycles. The third-order valence-electron chi connectivity index (χ3n) is 10.2. The molecule has 5 nitrogen and oxygen atoms in total. The lowest BCUT2D eigenvalue weighted by molar-refractivity contribution is 0.475. The van der Waals surface area contributed by atoms with Gasteiger partial charge in [-0.25, -0.2) is 9.97 Å². The lowest BCUT2D eigenvalue weighted by Crippen LogP contribution is -1.91. The summed E-state index contributed by atoms with van der Waals surface area (Å²) >= 11 is 0. The second-order valence-electron chi connectivity index (χ2n) is 13.5. The molecular weight excluding hydrogens is 637 g/mol. The Hall–Kier alpha value is -6.72. The molecule has 0 spiro atoms. The van der Waals surface area contributed by atoms with Crippen molar-refractivity contribution in [1.29, 1.82) is 0 Å². The first kappa shape index (κ1) is 31.3. The molecule has 8 bridgehead atoms. The first-order valence-corrected chi connectivity index (χ1v) is 17.6. The largest absolute Gasteiger partial charge is 0.508 e. The van der Waals surface area contributed by atoms with Crippen LogP contribution in [0.15, 0.2) is 121 Å². The van der Waals surface area contributed by atoms with Crippen molar-refractivity contribution >= 4 is 46.4 Å². The summed E-state index contributed by atoms with van der Waals surface area (Å²) in [5, 5.41) is 10.2. The molecule has 2 aliphatic heterocycles. The van der Waals surface area contributed by atoms with Crippen molar-refractivity contribution in [2.75, 3.05) is 0 Å². The molecule has 250 valence electrons. The van der Waals surface area contributed by atoms with E-state index in [1.165, 1.54) is 5.56 Å². The minimum Gasteiger partial charge on any atom is -0.508 e. The number of hydrogen-bond acceptors (Lipinski definition) is 3. The zero-order chi connectivity index (χ0) is 35.3. The van der Waals surface area contributed by atoms with Gasteiger partial charge in [0, 0.05) is 44.3 Å². The van der Waals surface area contributed by atoms with Crippen LogP contribution in [0.25, 0.3) is 90.9 Å². The maximum absolute atomic E-state index is 10.2. The van der Waals surface area contributed by atoms with E-state index in [1.54, 1.807) is 12.1 Å². The fourth-order valence-corrected chi connectivity index (χ4v) is 7.55. The summed E-state index contributed by atoms with van der Waals surface area (Å²) in [5.41, 5.74) is 19.1. The molecule has 0 unspecified atom stereocenters. The quantitative estimate of drug-likeness (QED) is 0.174. The van der Waals surface area contributed by atoms with Gasteiger partial charge in [-0.15, -0.1) is 0 Å². The summed E-state index contributed by atoms with van der Waals surface area (Å²) in [6.07, 6.45) is 8.49. The number of rotatable bonds is 4. The van der Waals surface area contributed by atoms with Crippen LogP contribution < -0.4 is 0 Å². The van der Waals surface area contributed by atoms with Gasteiger partial charge in [-0.3, -0.25) is 0 Å². The summed E-state index contributed by atoms with van der Waals surface area (Å²) < 4.78 is 0. The van der Waals surface area contributed by atoms with Crippen LogP contribution in [0.1, 0.15) is 39.5 Å². The normalized spacial score (nSPS) is 12.1. The van der Waals surface area contributed by atoms with Gasteiger partial charge in [0.25, 0.3) is 0 Å². The Kier molecular flexibility index (Phi) is 7.55. The van der Waals surface area contributed by atoms with Crippen molar-refractivity contribution in [3.8, 4) is 50.3 Å². The number of aryl methyl sites for hydroxylation is 3.